The van der Waals surface area contributed by atoms with E-state index < -0.39 is 6.48 Å². The van der Waals surface area contributed by atoms with E-state index in [9.17, 15) is 0 Å². The van der Waals surface area contributed by atoms with Crippen molar-refractivity contribution in [2.24, 2.45) is 0 Å². The van der Waals surface area contributed by atoms with Gasteiger partial charge in [-0.15, -0.1) is 0 Å². The summed E-state index contributed by atoms with van der Waals surface area (Å²) < 4.78 is 21.5. The van der Waals surface area contributed by atoms with Gasteiger partial charge in [-0.2, -0.15) is 0 Å². The molecule has 3 unspecified atom stereocenters. The number of rotatable bonds is 5. The molecule has 1 aromatic carbocycles. The highest BCUT2D eigenvalue weighted by Crippen LogP contribution is 2.19. The summed E-state index contributed by atoms with van der Waals surface area (Å²) in [5.41, 5.74) is 1.15. The van der Waals surface area contributed by atoms with Crippen LogP contribution in [0.5, 0.6) is 0 Å². The largest absolute Gasteiger partial charge is 0.374 e. The summed E-state index contributed by atoms with van der Waals surface area (Å²) in [4.78, 5) is 0. The molecule has 4 nitrogen and oxygen atoms in total. The molecule has 0 N–H and O–H groups in total. The zero-order valence-corrected chi connectivity index (χ0v) is 10.2. The van der Waals surface area contributed by atoms with Crippen LogP contribution < -0.4 is 0 Å². The molecule has 1 aromatic rings. The molecule has 0 aliphatic carbocycles. The minimum absolute atomic E-state index is 0.00396. The summed E-state index contributed by atoms with van der Waals surface area (Å²) in [5.74, 6) is 0. The maximum absolute atomic E-state index is 5.61. The third-order valence-electron chi connectivity index (χ3n) is 2.72. The van der Waals surface area contributed by atoms with Gasteiger partial charge < -0.3 is 18.9 Å². The van der Waals surface area contributed by atoms with E-state index in [1.807, 2.05) is 37.3 Å². The number of hydrogen-bond acceptors (Lipinski definition) is 4. The Morgan fingerprint density at radius 2 is 1.94 bits per heavy atom. The Balaban J connectivity index is 1.72. The zero-order chi connectivity index (χ0) is 12.1. The standard InChI is InChI=1S/C13H18O4/c1-10-12(17-13(14-2)16-10)9-15-8-11-6-4-3-5-7-11/h3-7,10,12-13H,8-9H2,1-2H3. The second-order valence-corrected chi connectivity index (χ2v) is 4.04. The highest BCUT2D eigenvalue weighted by atomic mass is 16.9. The molecular weight excluding hydrogens is 220 g/mol. The molecule has 1 saturated heterocycles. The van der Waals surface area contributed by atoms with Gasteiger partial charge in [0.2, 0.25) is 0 Å². The molecule has 0 aromatic heterocycles. The summed E-state index contributed by atoms with van der Waals surface area (Å²) >= 11 is 0. The molecule has 0 bridgehead atoms. The first kappa shape index (κ1) is 12.5. The fourth-order valence-corrected chi connectivity index (χ4v) is 1.70. The quantitative estimate of drug-likeness (QED) is 0.785. The summed E-state index contributed by atoms with van der Waals surface area (Å²) in [7, 11) is 1.56. The van der Waals surface area contributed by atoms with E-state index >= 15 is 0 Å². The van der Waals surface area contributed by atoms with Crippen LogP contribution in [-0.4, -0.2) is 32.4 Å². The van der Waals surface area contributed by atoms with E-state index in [1.165, 1.54) is 0 Å². The summed E-state index contributed by atoms with van der Waals surface area (Å²) in [6.45, 7) is 2.49. The van der Waals surface area contributed by atoms with Crippen molar-refractivity contribution in [3.8, 4) is 0 Å². The van der Waals surface area contributed by atoms with E-state index in [2.05, 4.69) is 0 Å². The smallest absolute Gasteiger partial charge is 0.272 e. The molecule has 0 spiro atoms. The van der Waals surface area contributed by atoms with Crippen LogP contribution in [0.4, 0.5) is 0 Å². The van der Waals surface area contributed by atoms with Crippen LogP contribution in [0, 0.1) is 0 Å². The predicted octanol–water partition coefficient (Wildman–Crippen LogP) is 1.94. The van der Waals surface area contributed by atoms with Crippen LogP contribution in [0.15, 0.2) is 30.3 Å². The molecular formula is C13H18O4. The minimum atomic E-state index is -0.560. The van der Waals surface area contributed by atoms with Crippen molar-refractivity contribution in [2.45, 2.75) is 32.2 Å². The maximum Gasteiger partial charge on any atom is 0.272 e. The van der Waals surface area contributed by atoms with Crippen molar-refractivity contribution in [2.75, 3.05) is 13.7 Å². The van der Waals surface area contributed by atoms with Gasteiger partial charge in [-0.1, -0.05) is 30.3 Å². The van der Waals surface area contributed by atoms with Gasteiger partial charge in [0.15, 0.2) is 0 Å². The Morgan fingerprint density at radius 3 is 2.59 bits per heavy atom. The number of hydrogen-bond donors (Lipinski definition) is 0. The van der Waals surface area contributed by atoms with Crippen molar-refractivity contribution in [3.63, 3.8) is 0 Å². The summed E-state index contributed by atoms with van der Waals surface area (Å²) in [6.07, 6.45) is -0.0700. The maximum atomic E-state index is 5.61. The third-order valence-corrected chi connectivity index (χ3v) is 2.72. The second-order valence-electron chi connectivity index (χ2n) is 4.04. The number of ether oxygens (including phenoxy) is 4. The van der Waals surface area contributed by atoms with E-state index in [4.69, 9.17) is 18.9 Å². The van der Waals surface area contributed by atoms with Gasteiger partial charge in [0.05, 0.1) is 19.3 Å². The molecule has 0 radical (unpaired) electrons. The van der Waals surface area contributed by atoms with Crippen LogP contribution >= 0.6 is 0 Å². The lowest BCUT2D eigenvalue weighted by molar-refractivity contribution is -0.229. The Morgan fingerprint density at radius 1 is 1.18 bits per heavy atom. The van der Waals surface area contributed by atoms with Gasteiger partial charge in [-0.05, 0) is 12.5 Å². The Labute approximate surface area is 101 Å². The molecule has 2 rings (SSSR count). The van der Waals surface area contributed by atoms with Gasteiger partial charge in [0.1, 0.15) is 6.10 Å². The van der Waals surface area contributed by atoms with E-state index in [1.54, 1.807) is 7.11 Å². The first-order chi connectivity index (χ1) is 8.29. The van der Waals surface area contributed by atoms with Crippen molar-refractivity contribution in [1.29, 1.82) is 0 Å². The third kappa shape index (κ3) is 3.51. The highest BCUT2D eigenvalue weighted by Gasteiger charge is 2.33. The van der Waals surface area contributed by atoms with Crippen molar-refractivity contribution in [3.05, 3.63) is 35.9 Å². The lowest BCUT2D eigenvalue weighted by Crippen LogP contribution is -2.25. The molecule has 4 heteroatoms. The second kappa shape index (κ2) is 6.12. The minimum Gasteiger partial charge on any atom is -0.374 e. The predicted molar refractivity (Wildman–Crippen MR) is 62.3 cm³/mol. The molecule has 0 saturated carbocycles. The molecule has 1 heterocycles. The molecule has 1 aliphatic heterocycles. The van der Waals surface area contributed by atoms with E-state index in [0.29, 0.717) is 13.2 Å². The average molecular weight is 238 g/mol. The molecule has 1 fully saturated rings. The normalized spacial score (nSPS) is 28.5. The monoisotopic (exact) mass is 238 g/mol. The van der Waals surface area contributed by atoms with Gasteiger partial charge in [-0.3, -0.25) is 0 Å². The SMILES string of the molecule is COC1OC(C)C(COCc2ccccc2)O1. The lowest BCUT2D eigenvalue weighted by Gasteiger charge is -2.12. The van der Waals surface area contributed by atoms with Crippen molar-refractivity contribution < 1.29 is 18.9 Å². The summed E-state index contributed by atoms with van der Waals surface area (Å²) in [5, 5.41) is 0. The lowest BCUT2D eigenvalue weighted by atomic mass is 10.2. The Bertz CT molecular complexity index is 327. The molecule has 3 atom stereocenters. The van der Waals surface area contributed by atoms with Gasteiger partial charge in [-0.25, -0.2) is 0 Å². The molecule has 1 aliphatic rings. The van der Waals surface area contributed by atoms with Gasteiger partial charge >= 0.3 is 0 Å². The molecule has 0 amide bonds. The van der Waals surface area contributed by atoms with Crippen molar-refractivity contribution >= 4 is 0 Å². The van der Waals surface area contributed by atoms with Crippen LogP contribution in [-0.2, 0) is 25.6 Å². The molecule has 17 heavy (non-hydrogen) atoms. The highest BCUT2D eigenvalue weighted by molar-refractivity contribution is 5.13. The average Bonchev–Trinajstić information content (AvgIpc) is 2.72. The van der Waals surface area contributed by atoms with Gasteiger partial charge in [0, 0.05) is 7.11 Å². The first-order valence-corrected chi connectivity index (χ1v) is 5.75. The Kier molecular flexibility index (Phi) is 4.50. The fraction of sp³-hybridized carbons (Fsp3) is 0.538. The van der Waals surface area contributed by atoms with Crippen LogP contribution in [0.25, 0.3) is 0 Å². The fourth-order valence-electron chi connectivity index (χ4n) is 1.70. The molecule has 94 valence electrons. The summed E-state index contributed by atoms with van der Waals surface area (Å²) in [6, 6.07) is 10.1. The van der Waals surface area contributed by atoms with E-state index in [-0.39, 0.29) is 12.2 Å². The van der Waals surface area contributed by atoms with E-state index in [0.717, 1.165) is 5.56 Å². The first-order valence-electron chi connectivity index (χ1n) is 5.75. The van der Waals surface area contributed by atoms with Crippen LogP contribution in [0.2, 0.25) is 0 Å². The van der Waals surface area contributed by atoms with Gasteiger partial charge in [0.25, 0.3) is 6.48 Å². The Hall–Kier alpha value is -0.940. The number of methoxy groups -OCH3 is 1. The topological polar surface area (TPSA) is 36.9 Å². The number of benzene rings is 1. The van der Waals surface area contributed by atoms with Crippen LogP contribution in [0.3, 0.4) is 0 Å². The van der Waals surface area contributed by atoms with Crippen LogP contribution in [0.1, 0.15) is 12.5 Å². The van der Waals surface area contributed by atoms with Crippen molar-refractivity contribution in [1.82, 2.24) is 0 Å². The zero-order valence-electron chi connectivity index (χ0n) is 10.2.